The molecule has 0 spiro atoms. The third-order valence-electron chi connectivity index (χ3n) is 9.35. The van der Waals surface area contributed by atoms with E-state index in [9.17, 15) is 10.2 Å². The molecule has 6 aromatic rings. The Morgan fingerprint density at radius 1 is 0.519 bits per heavy atom. The Labute approximate surface area is 325 Å². The van der Waals surface area contributed by atoms with Gasteiger partial charge in [0.1, 0.15) is 11.5 Å². The van der Waals surface area contributed by atoms with Crippen molar-refractivity contribution in [3.8, 4) is 41.4 Å². The highest BCUT2D eigenvalue weighted by atomic mass is 32.1. The van der Waals surface area contributed by atoms with E-state index in [1.807, 2.05) is 65.8 Å². The summed E-state index contributed by atoms with van der Waals surface area (Å²) in [7, 11) is 0. The van der Waals surface area contributed by atoms with Crippen LogP contribution in [0.3, 0.4) is 0 Å². The lowest BCUT2D eigenvalue weighted by molar-refractivity contribution is -0.254. The van der Waals surface area contributed by atoms with E-state index >= 15 is 26.3 Å². The minimum Gasteiger partial charge on any atom is -0.508 e. The van der Waals surface area contributed by atoms with Crippen molar-refractivity contribution >= 4 is 56.5 Å². The van der Waals surface area contributed by atoms with Crippen molar-refractivity contribution in [2.75, 3.05) is 0 Å². The molecule has 2 aromatic carbocycles. The highest BCUT2D eigenvalue weighted by Gasteiger charge is 2.80. The fourth-order valence-electron chi connectivity index (χ4n) is 6.40. The second-order valence-electron chi connectivity index (χ2n) is 15.5. The monoisotopic (exact) mass is 814 g/mol. The lowest BCUT2D eigenvalue weighted by Gasteiger charge is -2.26. The van der Waals surface area contributed by atoms with Crippen LogP contribution in [0.25, 0.3) is 41.1 Å². The summed E-state index contributed by atoms with van der Waals surface area (Å²) < 4.78 is 98.0. The van der Waals surface area contributed by atoms with Crippen LogP contribution in [0.5, 0.6) is 11.5 Å². The molecule has 0 fully saturated rings. The molecule has 4 heterocycles. The van der Waals surface area contributed by atoms with E-state index in [0.717, 1.165) is 32.4 Å². The average molecular weight is 815 g/mol. The number of alkyl halides is 6. The summed E-state index contributed by atoms with van der Waals surface area (Å²) in [5.41, 5.74) is -3.22. The van der Waals surface area contributed by atoms with Gasteiger partial charge in [0, 0.05) is 62.1 Å². The first-order chi connectivity index (χ1) is 25.1. The molecular weight excluding hydrogens is 779 g/mol. The standard InChI is InChI=1S/C42H36F6O2S4/c1-38(2,3)33-17-15-28(52-33)31-20-26(30(51-31)19-22-7-11-24(49)12-8-22)35-36(41(45,46)42(47,48)40(35,43)44)27-21-32(29-16-18-34(53-29)39(4,5)6)54-37(27)23-9-13-25(50)14-10-23/h7-18,20-21,49-50H,19H2,1-6H3. The van der Waals surface area contributed by atoms with Crippen LogP contribution < -0.4 is 0 Å². The molecule has 0 atom stereocenters. The summed E-state index contributed by atoms with van der Waals surface area (Å²) in [6.45, 7) is 12.2. The van der Waals surface area contributed by atoms with E-state index in [4.69, 9.17) is 0 Å². The molecule has 1 aliphatic carbocycles. The lowest BCUT2D eigenvalue weighted by atomic mass is 9.92. The molecule has 2 nitrogen and oxygen atoms in total. The van der Waals surface area contributed by atoms with Crippen molar-refractivity contribution in [1.82, 2.24) is 0 Å². The zero-order valence-electron chi connectivity index (χ0n) is 30.1. The first-order valence-corrected chi connectivity index (χ1v) is 20.3. The van der Waals surface area contributed by atoms with Crippen molar-refractivity contribution in [2.45, 2.75) is 76.6 Å². The molecule has 7 rings (SSSR count). The van der Waals surface area contributed by atoms with E-state index in [1.165, 1.54) is 71.2 Å². The van der Waals surface area contributed by atoms with Crippen LogP contribution >= 0.6 is 45.3 Å². The molecule has 54 heavy (non-hydrogen) atoms. The third-order valence-corrected chi connectivity index (χ3v) is 15.1. The molecule has 12 heteroatoms. The molecule has 0 aliphatic heterocycles. The Morgan fingerprint density at radius 2 is 0.963 bits per heavy atom. The van der Waals surface area contributed by atoms with Crippen molar-refractivity contribution in [3.63, 3.8) is 0 Å². The molecule has 0 unspecified atom stereocenters. The van der Waals surface area contributed by atoms with E-state index in [2.05, 4.69) is 0 Å². The number of allylic oxidation sites excluding steroid dienone is 2. The Morgan fingerprint density at radius 3 is 1.44 bits per heavy atom. The van der Waals surface area contributed by atoms with Crippen LogP contribution in [0, 0.1) is 0 Å². The number of hydrogen-bond donors (Lipinski definition) is 2. The second-order valence-corrected chi connectivity index (χ2v) is 19.8. The van der Waals surface area contributed by atoms with E-state index in [0.29, 0.717) is 30.6 Å². The van der Waals surface area contributed by atoms with Gasteiger partial charge in [-0.15, -0.1) is 45.3 Å². The van der Waals surface area contributed by atoms with Gasteiger partial charge in [-0.2, -0.15) is 26.3 Å². The molecule has 0 bridgehead atoms. The highest BCUT2D eigenvalue weighted by molar-refractivity contribution is 7.24. The number of aromatic hydroxyl groups is 2. The minimum atomic E-state index is -5.76. The molecular formula is C42H36F6O2S4. The van der Waals surface area contributed by atoms with Gasteiger partial charge in [0.05, 0.1) is 0 Å². The zero-order valence-corrected chi connectivity index (χ0v) is 33.4. The Hall–Kier alpha value is -3.84. The summed E-state index contributed by atoms with van der Waals surface area (Å²) in [5.74, 6) is -16.4. The van der Waals surface area contributed by atoms with Crippen LogP contribution in [0.1, 0.15) is 72.9 Å². The van der Waals surface area contributed by atoms with Crippen molar-refractivity contribution in [2.24, 2.45) is 0 Å². The first kappa shape index (κ1) is 38.4. The molecule has 282 valence electrons. The van der Waals surface area contributed by atoms with Gasteiger partial charge in [-0.1, -0.05) is 53.7 Å². The number of hydrogen-bond acceptors (Lipinski definition) is 6. The predicted octanol–water partition coefficient (Wildman–Crippen LogP) is 14.4. The summed E-state index contributed by atoms with van der Waals surface area (Å²) in [4.78, 5) is 4.62. The highest BCUT2D eigenvalue weighted by Crippen LogP contribution is 2.67. The number of thiophene rings is 4. The Bertz CT molecular complexity index is 2380. The normalized spacial score (nSPS) is 16.7. The van der Waals surface area contributed by atoms with Crippen LogP contribution in [0.2, 0.25) is 0 Å². The molecule has 1 aliphatic rings. The fraction of sp³-hybridized carbons (Fsp3) is 0.286. The maximum Gasteiger partial charge on any atom is 0.380 e. The van der Waals surface area contributed by atoms with E-state index in [-0.39, 0.29) is 44.1 Å². The van der Waals surface area contributed by atoms with Gasteiger partial charge in [0.15, 0.2) is 0 Å². The third kappa shape index (κ3) is 6.52. The molecule has 2 N–H and O–H groups in total. The van der Waals surface area contributed by atoms with Gasteiger partial charge >= 0.3 is 17.8 Å². The van der Waals surface area contributed by atoms with Crippen LogP contribution in [-0.4, -0.2) is 28.0 Å². The topological polar surface area (TPSA) is 40.5 Å². The summed E-state index contributed by atoms with van der Waals surface area (Å²) in [6.07, 6.45) is -0.0354. The van der Waals surface area contributed by atoms with Crippen LogP contribution in [-0.2, 0) is 17.3 Å². The number of benzene rings is 2. The summed E-state index contributed by atoms with van der Waals surface area (Å²) in [6, 6.07) is 21.7. The van der Waals surface area contributed by atoms with E-state index < -0.39 is 34.5 Å². The molecule has 0 saturated heterocycles. The number of halogens is 6. The summed E-state index contributed by atoms with van der Waals surface area (Å²) in [5, 5.41) is 19.9. The van der Waals surface area contributed by atoms with Gasteiger partial charge in [0.25, 0.3) is 0 Å². The smallest absolute Gasteiger partial charge is 0.380 e. The van der Waals surface area contributed by atoms with Gasteiger partial charge < -0.3 is 10.2 Å². The number of phenolic OH excluding ortho intramolecular Hbond substituents is 2. The molecule has 4 aromatic heterocycles. The largest absolute Gasteiger partial charge is 0.508 e. The lowest BCUT2D eigenvalue weighted by Crippen LogP contribution is -2.48. The van der Waals surface area contributed by atoms with Gasteiger partial charge in [0.2, 0.25) is 0 Å². The number of rotatable bonds is 7. The zero-order chi connectivity index (χ0) is 39.2. The molecule has 0 radical (unpaired) electrons. The SMILES string of the molecule is CC(C)(C)c1ccc(-c2cc(C3=C(c4cc(-c5ccc(C(C)(C)C)s5)sc4-c4ccc(O)cc4)C(F)(F)C(F)(F)C3(F)F)c(Cc3ccc(O)cc3)s2)s1. The first-order valence-electron chi connectivity index (χ1n) is 17.0. The van der Waals surface area contributed by atoms with Crippen molar-refractivity contribution in [1.29, 1.82) is 0 Å². The van der Waals surface area contributed by atoms with Gasteiger partial charge in [-0.05, 0) is 100 Å². The van der Waals surface area contributed by atoms with Crippen molar-refractivity contribution < 1.29 is 36.6 Å². The van der Waals surface area contributed by atoms with Crippen molar-refractivity contribution in [3.05, 3.63) is 116 Å². The quantitative estimate of drug-likeness (QED) is 0.158. The van der Waals surface area contributed by atoms with Gasteiger partial charge in [-0.3, -0.25) is 0 Å². The molecule has 0 saturated carbocycles. The molecule has 0 amide bonds. The predicted molar refractivity (Wildman–Crippen MR) is 212 cm³/mol. The number of phenols is 2. The van der Waals surface area contributed by atoms with Crippen LogP contribution in [0.4, 0.5) is 26.3 Å². The van der Waals surface area contributed by atoms with Crippen LogP contribution in [0.15, 0.2) is 84.9 Å². The summed E-state index contributed by atoms with van der Waals surface area (Å²) >= 11 is 4.99. The van der Waals surface area contributed by atoms with E-state index in [1.54, 1.807) is 12.1 Å². The fourth-order valence-corrected chi connectivity index (χ4v) is 11.1. The maximum atomic E-state index is 16.6. The maximum absolute atomic E-state index is 16.6. The minimum absolute atomic E-state index is 0.0267. The average Bonchev–Trinajstić information content (AvgIpc) is 3.90. The van der Waals surface area contributed by atoms with Gasteiger partial charge in [-0.25, -0.2) is 0 Å². The Balaban J connectivity index is 1.53. The Kier molecular flexibility index (Phi) is 9.35. The second kappa shape index (κ2) is 13.1.